The van der Waals surface area contributed by atoms with Gasteiger partial charge in [0.25, 0.3) is 0 Å². The molecule has 0 aliphatic heterocycles. The molecule has 0 spiro atoms. The van der Waals surface area contributed by atoms with E-state index in [0.717, 1.165) is 0 Å². The molecular weight excluding hydrogens is 264 g/mol. The number of carbonyl (C=O) groups is 1. The van der Waals surface area contributed by atoms with Crippen LogP contribution in [0.1, 0.15) is 34.1 Å². The van der Waals surface area contributed by atoms with Gasteiger partial charge in [-0.2, -0.15) is 0 Å². The average Bonchev–Trinajstić information content (AvgIpc) is 2.86. The second kappa shape index (κ2) is 6.02. The Morgan fingerprint density at radius 1 is 1.43 bits per heavy atom. The number of allylic oxidation sites excluding steroid dienone is 2. The van der Waals surface area contributed by atoms with E-state index in [2.05, 4.69) is 11.8 Å². The zero-order valence-corrected chi connectivity index (χ0v) is 13.2. The van der Waals surface area contributed by atoms with Crippen LogP contribution in [0.25, 0.3) is 0 Å². The van der Waals surface area contributed by atoms with E-state index in [1.807, 2.05) is 13.0 Å². The quantitative estimate of drug-likeness (QED) is 0.331. The molecule has 0 aromatic rings. The summed E-state index contributed by atoms with van der Waals surface area (Å²) < 4.78 is 0. The Hall–Kier alpha value is -1.61. The maximum absolute atomic E-state index is 11.5. The second-order valence-corrected chi connectivity index (χ2v) is 6.19. The van der Waals surface area contributed by atoms with E-state index in [0.29, 0.717) is 17.7 Å². The van der Waals surface area contributed by atoms with Crippen molar-refractivity contribution in [3.05, 3.63) is 23.4 Å². The maximum Gasteiger partial charge on any atom is 0.135 e. The van der Waals surface area contributed by atoms with E-state index in [1.165, 1.54) is 0 Å². The third-order valence-corrected chi connectivity index (χ3v) is 3.97. The molecule has 0 saturated heterocycles. The molecule has 3 atom stereocenters. The minimum Gasteiger partial charge on any atom is -0.398 e. The third kappa shape index (κ3) is 3.94. The van der Waals surface area contributed by atoms with Crippen molar-refractivity contribution in [2.24, 2.45) is 34.8 Å². The van der Waals surface area contributed by atoms with Crippen molar-refractivity contribution in [3.63, 3.8) is 0 Å². The zero-order valence-electron chi connectivity index (χ0n) is 13.2. The van der Waals surface area contributed by atoms with E-state index in [4.69, 9.17) is 22.9 Å². The number of rotatable bonds is 5. The molecule has 1 aliphatic rings. The molecular formula is C16H26N4O. The number of Topliss-reactive ketones (excluding diaryl/α,β-unsaturated/α-hetero) is 1. The Balaban J connectivity index is 2.81. The normalized spacial score (nSPS) is 29.7. The highest BCUT2D eigenvalue weighted by Gasteiger charge is 2.60. The minimum absolute atomic E-state index is 0.0726. The van der Waals surface area contributed by atoms with Gasteiger partial charge in [-0.05, 0) is 46.1 Å². The number of ketones is 1. The van der Waals surface area contributed by atoms with E-state index in [-0.39, 0.29) is 17.6 Å². The van der Waals surface area contributed by atoms with Crippen molar-refractivity contribution in [3.8, 4) is 11.8 Å². The predicted molar refractivity (Wildman–Crippen MR) is 85.5 cm³/mol. The van der Waals surface area contributed by atoms with Crippen LogP contribution in [0.15, 0.2) is 23.4 Å². The van der Waals surface area contributed by atoms with Crippen molar-refractivity contribution in [2.75, 3.05) is 0 Å². The molecule has 1 fully saturated rings. The van der Waals surface area contributed by atoms with E-state index >= 15 is 0 Å². The smallest absolute Gasteiger partial charge is 0.135 e. The fourth-order valence-corrected chi connectivity index (χ4v) is 2.80. The molecule has 1 rings (SSSR count). The van der Waals surface area contributed by atoms with Gasteiger partial charge in [-0.15, -0.1) is 5.92 Å². The Morgan fingerprint density at radius 3 is 2.38 bits per heavy atom. The number of nitrogens with two attached hydrogens (primary N) is 4. The standard InChI is InChI=1S/C16H26N4O/c1-5-7-11(16(4,19)20)13(17)9-6-8-12-14(10(2)21)15(12,3)18/h6,9,12,14H,8,17-20H2,1-4H3/b9-6-,13-11-/t12-,14?,15?/m0/s1. The highest BCUT2D eigenvalue weighted by Crippen LogP contribution is 2.50. The van der Waals surface area contributed by atoms with Crippen molar-refractivity contribution in [1.82, 2.24) is 0 Å². The second-order valence-electron chi connectivity index (χ2n) is 6.19. The van der Waals surface area contributed by atoms with Crippen LogP contribution < -0.4 is 22.9 Å². The van der Waals surface area contributed by atoms with Crippen LogP contribution in [0.2, 0.25) is 0 Å². The summed E-state index contributed by atoms with van der Waals surface area (Å²) >= 11 is 0. The highest BCUT2D eigenvalue weighted by atomic mass is 16.1. The van der Waals surface area contributed by atoms with Gasteiger partial charge in [-0.25, -0.2) is 0 Å². The van der Waals surface area contributed by atoms with Crippen LogP contribution in [0, 0.1) is 23.7 Å². The SMILES string of the molecule is CC#C/C(=C(N)\C=C/C[C@H]1C(C(C)=O)C1(C)N)C(C)(N)N. The summed E-state index contributed by atoms with van der Waals surface area (Å²) in [5, 5.41) is 0. The first-order valence-electron chi connectivity index (χ1n) is 7.00. The lowest BCUT2D eigenvalue weighted by Crippen LogP contribution is -2.48. The van der Waals surface area contributed by atoms with Gasteiger partial charge in [0.05, 0.1) is 11.2 Å². The van der Waals surface area contributed by atoms with Crippen molar-refractivity contribution >= 4 is 5.78 Å². The summed E-state index contributed by atoms with van der Waals surface area (Å²) in [4.78, 5) is 11.5. The van der Waals surface area contributed by atoms with Crippen LogP contribution in [0.4, 0.5) is 0 Å². The Labute approximate surface area is 126 Å². The molecule has 0 bridgehead atoms. The summed E-state index contributed by atoms with van der Waals surface area (Å²) in [6.45, 7) is 6.83. The van der Waals surface area contributed by atoms with E-state index in [9.17, 15) is 4.79 Å². The maximum atomic E-state index is 11.5. The summed E-state index contributed by atoms with van der Waals surface area (Å²) in [7, 11) is 0. The van der Waals surface area contributed by atoms with Crippen molar-refractivity contribution < 1.29 is 4.79 Å². The summed E-state index contributed by atoms with van der Waals surface area (Å²) in [6.07, 6.45) is 4.33. The summed E-state index contributed by atoms with van der Waals surface area (Å²) in [6, 6.07) is 0. The van der Waals surface area contributed by atoms with Crippen LogP contribution >= 0.6 is 0 Å². The molecule has 0 amide bonds. The fourth-order valence-electron chi connectivity index (χ4n) is 2.80. The Bertz CT molecular complexity index is 541. The molecule has 0 radical (unpaired) electrons. The molecule has 5 nitrogen and oxygen atoms in total. The third-order valence-electron chi connectivity index (χ3n) is 3.97. The van der Waals surface area contributed by atoms with Crippen LogP contribution in [-0.2, 0) is 4.79 Å². The van der Waals surface area contributed by atoms with Crippen molar-refractivity contribution in [2.45, 2.75) is 45.3 Å². The molecule has 0 heterocycles. The topological polar surface area (TPSA) is 121 Å². The molecule has 1 saturated carbocycles. The summed E-state index contributed by atoms with van der Waals surface area (Å²) in [5.74, 6) is 5.82. The molecule has 0 aromatic carbocycles. The summed E-state index contributed by atoms with van der Waals surface area (Å²) in [5.41, 5.74) is 23.2. The lowest BCUT2D eigenvalue weighted by atomic mass is 10.0. The first kappa shape index (κ1) is 17.4. The number of hydrogen-bond acceptors (Lipinski definition) is 5. The Kier molecular flexibility index (Phi) is 5.00. The van der Waals surface area contributed by atoms with E-state index < -0.39 is 11.2 Å². The van der Waals surface area contributed by atoms with Gasteiger partial charge in [0.15, 0.2) is 0 Å². The van der Waals surface area contributed by atoms with Gasteiger partial charge in [0.1, 0.15) is 5.78 Å². The van der Waals surface area contributed by atoms with Gasteiger partial charge < -0.3 is 22.9 Å². The van der Waals surface area contributed by atoms with Crippen LogP contribution in [0.3, 0.4) is 0 Å². The molecule has 8 N–H and O–H groups in total. The first-order valence-corrected chi connectivity index (χ1v) is 7.00. The zero-order chi connectivity index (χ0) is 16.4. The monoisotopic (exact) mass is 290 g/mol. The predicted octanol–water partition coefficient (Wildman–Crippen LogP) is 0.355. The highest BCUT2D eigenvalue weighted by molar-refractivity contribution is 5.84. The van der Waals surface area contributed by atoms with Crippen LogP contribution in [0.5, 0.6) is 0 Å². The van der Waals surface area contributed by atoms with Gasteiger partial charge >= 0.3 is 0 Å². The Morgan fingerprint density at radius 2 is 2.00 bits per heavy atom. The molecule has 0 aromatic heterocycles. The minimum atomic E-state index is -1.08. The van der Waals surface area contributed by atoms with E-state index in [1.54, 1.807) is 26.8 Å². The lowest BCUT2D eigenvalue weighted by Gasteiger charge is -2.20. The van der Waals surface area contributed by atoms with Gasteiger partial charge in [0.2, 0.25) is 0 Å². The molecule has 5 heteroatoms. The number of hydrogen-bond donors (Lipinski definition) is 4. The molecule has 21 heavy (non-hydrogen) atoms. The molecule has 2 unspecified atom stereocenters. The molecule has 116 valence electrons. The van der Waals surface area contributed by atoms with Crippen LogP contribution in [-0.4, -0.2) is 17.0 Å². The van der Waals surface area contributed by atoms with Crippen molar-refractivity contribution in [1.29, 1.82) is 0 Å². The van der Waals surface area contributed by atoms with Gasteiger partial charge in [-0.1, -0.05) is 12.0 Å². The van der Waals surface area contributed by atoms with Gasteiger partial charge in [0, 0.05) is 17.2 Å². The van der Waals surface area contributed by atoms with Gasteiger partial charge in [-0.3, -0.25) is 4.79 Å². The lowest BCUT2D eigenvalue weighted by molar-refractivity contribution is -0.118. The number of carbonyl (C=O) groups excluding carboxylic acids is 1. The fraction of sp³-hybridized carbons (Fsp3) is 0.562. The first-order chi connectivity index (χ1) is 9.53. The average molecular weight is 290 g/mol. The largest absolute Gasteiger partial charge is 0.398 e. The molecule has 1 aliphatic carbocycles.